The van der Waals surface area contributed by atoms with Crippen LogP contribution in [-0.4, -0.2) is 11.9 Å². The van der Waals surface area contributed by atoms with Crippen molar-refractivity contribution in [3.63, 3.8) is 0 Å². The number of carbonyl (C=O) groups excluding carboxylic acids is 2. The second-order valence-corrected chi connectivity index (χ2v) is 25.8. The van der Waals surface area contributed by atoms with Crippen LogP contribution < -0.4 is 36.6 Å². The Morgan fingerprint density at radius 1 is 0.330 bits per heavy atom. The Balaban J connectivity index is 1.30. The maximum absolute atomic E-state index is 15.7. The number of ether oxygens (including phenoxy) is 2. The van der Waals surface area contributed by atoms with Crippen LogP contribution in [0.25, 0.3) is 32.7 Å². The van der Waals surface area contributed by atoms with E-state index < -0.39 is 29.1 Å². The van der Waals surface area contributed by atoms with Crippen LogP contribution in [-0.2, 0) is 25.7 Å². The Labute approximate surface area is 520 Å². The average molecular weight is 1210 g/mol. The van der Waals surface area contributed by atoms with E-state index >= 15 is 9.59 Å². The van der Waals surface area contributed by atoms with Crippen LogP contribution in [0.3, 0.4) is 0 Å². The van der Waals surface area contributed by atoms with Gasteiger partial charge in [-0.15, -0.1) is 0 Å². The predicted molar refractivity (Wildman–Crippen MR) is 357 cm³/mol. The minimum Gasteiger partial charge on any atom is -0.423 e. The molecular weight excluding hydrogens is 1130 g/mol. The van der Waals surface area contributed by atoms with Crippen molar-refractivity contribution in [2.45, 2.75) is 94.9 Å². The standard InChI is InChI=1S/C76H76O10P2/c1-49(2)43-57-31-15-23-39-67(57)81-87(82-68-40-24-16-32-58(68)44-50(3)4)85-73-63(75(77)79-65-37-21-11-27-53(65)9)47-55-29-13-19-35-61(55)71(73)72-62-36-20-14-30-56(62)48-64(76(78)80-66-38-22-12-28-54(66)10)74(72)86-88(83-69-41-25-17-33-59(69)45-51(5)6)84-70-42-26-18-34-60(70)46-52(7)8/h11-42,47-52H,43-46H2,1-10H3. The Morgan fingerprint density at radius 2 is 0.591 bits per heavy atom. The maximum atomic E-state index is 15.7. The van der Waals surface area contributed by atoms with E-state index in [1.165, 1.54) is 0 Å². The van der Waals surface area contributed by atoms with Crippen molar-refractivity contribution in [3.8, 4) is 57.1 Å². The van der Waals surface area contributed by atoms with Gasteiger partial charge >= 0.3 is 29.1 Å². The molecule has 0 aromatic heterocycles. The summed E-state index contributed by atoms with van der Waals surface area (Å²) < 4.78 is 56.6. The van der Waals surface area contributed by atoms with Crippen molar-refractivity contribution < 1.29 is 46.2 Å². The Hall–Kier alpha value is -8.68. The molecule has 0 radical (unpaired) electrons. The van der Waals surface area contributed by atoms with E-state index in [-0.39, 0.29) is 46.3 Å². The molecule has 88 heavy (non-hydrogen) atoms. The minimum atomic E-state index is -2.54. The summed E-state index contributed by atoms with van der Waals surface area (Å²) in [7, 11) is -5.08. The predicted octanol–water partition coefficient (Wildman–Crippen LogP) is 21.0. The van der Waals surface area contributed by atoms with Gasteiger partial charge in [0.05, 0.1) is 0 Å². The molecule has 0 bridgehead atoms. The number of hydrogen-bond acceptors (Lipinski definition) is 10. The number of benzene rings is 10. The second-order valence-electron chi connectivity index (χ2n) is 23.8. The highest BCUT2D eigenvalue weighted by Crippen LogP contribution is 2.56. The first-order chi connectivity index (χ1) is 42.6. The molecule has 0 N–H and O–H groups in total. The van der Waals surface area contributed by atoms with Gasteiger partial charge in [-0.05, 0) is 167 Å². The van der Waals surface area contributed by atoms with Crippen LogP contribution in [0.4, 0.5) is 0 Å². The van der Waals surface area contributed by atoms with Gasteiger partial charge in [0.15, 0.2) is 11.5 Å². The van der Waals surface area contributed by atoms with Gasteiger partial charge in [-0.2, -0.15) is 0 Å². The molecule has 0 unspecified atom stereocenters. The maximum Gasteiger partial charge on any atom is 0.530 e. The first-order valence-electron chi connectivity index (χ1n) is 30.2. The first kappa shape index (κ1) is 62.4. The summed E-state index contributed by atoms with van der Waals surface area (Å²) in [5.41, 5.74) is 6.12. The van der Waals surface area contributed by atoms with Gasteiger partial charge in [-0.25, -0.2) is 9.59 Å². The van der Waals surface area contributed by atoms with Gasteiger partial charge in [-0.3, -0.25) is 0 Å². The quantitative estimate of drug-likeness (QED) is 0.0312. The zero-order valence-corrected chi connectivity index (χ0v) is 53.5. The van der Waals surface area contributed by atoms with Crippen LogP contribution in [0.1, 0.15) is 109 Å². The molecule has 0 aliphatic rings. The summed E-state index contributed by atoms with van der Waals surface area (Å²) >= 11 is 0. The van der Waals surface area contributed by atoms with Gasteiger partial charge in [0.25, 0.3) is 0 Å². The third kappa shape index (κ3) is 15.3. The number of hydrogen-bond donors (Lipinski definition) is 0. The number of para-hydroxylation sites is 6. The molecular formula is C76H76O10P2. The number of rotatable bonds is 25. The summed E-state index contributed by atoms with van der Waals surface area (Å²) in [6, 6.07) is 65.3. The molecule has 0 fully saturated rings. The lowest BCUT2D eigenvalue weighted by Crippen LogP contribution is -2.15. The first-order valence-corrected chi connectivity index (χ1v) is 32.4. The molecule has 12 heteroatoms. The monoisotopic (exact) mass is 1210 g/mol. The molecule has 450 valence electrons. The third-order valence-corrected chi connectivity index (χ3v) is 16.8. The minimum absolute atomic E-state index is 0.0428. The van der Waals surface area contributed by atoms with Crippen LogP contribution >= 0.6 is 17.2 Å². The van der Waals surface area contributed by atoms with Gasteiger partial charge in [0.1, 0.15) is 45.6 Å². The highest BCUT2D eigenvalue weighted by molar-refractivity contribution is 7.43. The highest BCUT2D eigenvalue weighted by Gasteiger charge is 2.36. The number of esters is 2. The molecule has 0 aliphatic carbocycles. The summed E-state index contributed by atoms with van der Waals surface area (Å²) in [4.78, 5) is 31.4. The van der Waals surface area contributed by atoms with E-state index in [4.69, 9.17) is 36.6 Å². The van der Waals surface area contributed by atoms with Gasteiger partial charge in [0, 0.05) is 11.1 Å². The fraction of sp³-hybridized carbons (Fsp3) is 0.237. The van der Waals surface area contributed by atoms with Crippen molar-refractivity contribution in [3.05, 3.63) is 251 Å². The van der Waals surface area contributed by atoms with Crippen molar-refractivity contribution in [1.29, 1.82) is 0 Å². The van der Waals surface area contributed by atoms with Crippen molar-refractivity contribution >= 4 is 50.7 Å². The fourth-order valence-electron chi connectivity index (χ4n) is 10.7. The number of aryl methyl sites for hydroxylation is 2. The topological polar surface area (TPSA) is 108 Å². The number of carbonyl (C=O) groups is 2. The zero-order valence-electron chi connectivity index (χ0n) is 51.7. The van der Waals surface area contributed by atoms with E-state index in [1.807, 2.05) is 196 Å². The molecule has 10 aromatic rings. The van der Waals surface area contributed by atoms with Crippen LogP contribution in [0.5, 0.6) is 46.0 Å². The SMILES string of the molecule is Cc1ccccc1OC(=O)c1cc2ccccc2c(-c2c(OP(Oc3ccccc3CC(C)C)Oc3ccccc3CC(C)C)c(C(=O)Oc3ccccc3C)cc3ccccc23)c1OP(Oc1ccccc1CC(C)C)Oc1ccccc1CC(C)C. The third-order valence-electron chi connectivity index (χ3n) is 14.7. The van der Waals surface area contributed by atoms with Crippen molar-refractivity contribution in [2.75, 3.05) is 0 Å². The molecule has 0 amide bonds. The van der Waals surface area contributed by atoms with E-state index in [1.54, 1.807) is 24.3 Å². The molecule has 0 saturated carbocycles. The lowest BCUT2D eigenvalue weighted by atomic mass is 9.88. The number of fused-ring (bicyclic) bond motifs is 2. The van der Waals surface area contributed by atoms with Gasteiger partial charge in [0.2, 0.25) is 0 Å². The molecule has 0 spiro atoms. The summed E-state index contributed by atoms with van der Waals surface area (Å²) in [5.74, 6) is 2.72. The van der Waals surface area contributed by atoms with E-state index in [0.717, 1.165) is 33.4 Å². The zero-order chi connectivity index (χ0) is 61.8. The molecule has 0 heterocycles. The Kier molecular flexibility index (Phi) is 20.5. The van der Waals surface area contributed by atoms with Crippen molar-refractivity contribution in [1.82, 2.24) is 0 Å². The van der Waals surface area contributed by atoms with Crippen molar-refractivity contribution in [2.24, 2.45) is 23.7 Å². The summed E-state index contributed by atoms with van der Waals surface area (Å²) in [5, 5.41) is 2.58. The van der Waals surface area contributed by atoms with E-state index in [2.05, 4.69) is 55.4 Å². The molecule has 10 nitrogen and oxygen atoms in total. The van der Waals surface area contributed by atoms with E-state index in [0.29, 0.717) is 92.9 Å². The second kappa shape index (κ2) is 28.9. The summed E-state index contributed by atoms with van der Waals surface area (Å²) in [6.45, 7) is 21.1. The van der Waals surface area contributed by atoms with Gasteiger partial charge < -0.3 is 36.6 Å². The largest absolute Gasteiger partial charge is 0.530 e. The normalized spacial score (nSPS) is 11.5. The fourth-order valence-corrected chi connectivity index (χ4v) is 12.9. The van der Waals surface area contributed by atoms with Gasteiger partial charge in [-0.1, -0.05) is 213 Å². The molecule has 0 saturated heterocycles. The Morgan fingerprint density at radius 3 is 0.886 bits per heavy atom. The average Bonchev–Trinajstić information content (AvgIpc) is 0.764. The lowest BCUT2D eigenvalue weighted by molar-refractivity contribution is 0.0721. The van der Waals surface area contributed by atoms with Crippen LogP contribution in [0.2, 0.25) is 0 Å². The lowest BCUT2D eigenvalue weighted by Gasteiger charge is -2.27. The summed E-state index contributed by atoms with van der Waals surface area (Å²) in [6.07, 6.45) is 2.81. The van der Waals surface area contributed by atoms with E-state index in [9.17, 15) is 0 Å². The molecule has 10 aromatic carbocycles. The molecule has 10 rings (SSSR count). The molecule has 0 aliphatic heterocycles. The van der Waals surface area contributed by atoms with Crippen LogP contribution in [0, 0.1) is 37.5 Å². The Bertz CT molecular complexity index is 3710. The molecule has 0 atom stereocenters. The highest BCUT2D eigenvalue weighted by atomic mass is 31.2. The smallest absolute Gasteiger partial charge is 0.423 e. The van der Waals surface area contributed by atoms with Crippen LogP contribution in [0.15, 0.2) is 206 Å².